The Kier molecular flexibility index (Phi) is 6.58. The van der Waals surface area contributed by atoms with Gasteiger partial charge in [-0.05, 0) is 32.0 Å². The fourth-order valence-corrected chi connectivity index (χ4v) is 2.97. The minimum atomic E-state index is -3.06. The number of hydrogen-bond acceptors (Lipinski definition) is 6. The average Bonchev–Trinajstić information content (AvgIpc) is 2.69. The predicted molar refractivity (Wildman–Crippen MR) is 108 cm³/mol. The minimum Gasteiger partial charge on any atom is -0.415 e. The lowest BCUT2D eigenvalue weighted by atomic mass is 10.1. The smallest absolute Gasteiger partial charge is 0.388 e. The number of urea groups is 1. The van der Waals surface area contributed by atoms with Gasteiger partial charge in [0, 0.05) is 18.4 Å². The second kappa shape index (κ2) is 9.14. The number of nitrogens with one attached hydrogen (secondary N) is 2. The van der Waals surface area contributed by atoms with Crippen molar-refractivity contribution in [2.45, 2.75) is 26.6 Å². The molecular formula is C19H18ClF2N5O3. The summed E-state index contributed by atoms with van der Waals surface area (Å²) < 4.78 is 34.2. The molecule has 0 fully saturated rings. The van der Waals surface area contributed by atoms with Gasteiger partial charge in [0.15, 0.2) is 0 Å². The third-order valence-corrected chi connectivity index (χ3v) is 4.44. The fraction of sp³-hybridized carbons (Fsp3) is 0.263. The number of hydrogen-bond donors (Lipinski definition) is 2. The van der Waals surface area contributed by atoms with E-state index in [1.807, 2.05) is 26.0 Å². The molecule has 30 heavy (non-hydrogen) atoms. The van der Waals surface area contributed by atoms with Crippen molar-refractivity contribution in [1.82, 2.24) is 15.0 Å². The Labute approximate surface area is 175 Å². The van der Waals surface area contributed by atoms with Crippen LogP contribution >= 0.6 is 11.6 Å². The van der Waals surface area contributed by atoms with E-state index in [0.717, 1.165) is 11.9 Å². The van der Waals surface area contributed by atoms with Gasteiger partial charge in [-0.2, -0.15) is 8.78 Å². The summed E-state index contributed by atoms with van der Waals surface area (Å²) in [4.78, 5) is 25.0. The van der Waals surface area contributed by atoms with E-state index in [1.165, 1.54) is 12.3 Å². The topological polar surface area (TPSA) is 98.3 Å². The maximum Gasteiger partial charge on any atom is 0.388 e. The molecule has 0 aromatic carbocycles. The number of methoxy groups -OCH3 is 1. The highest BCUT2D eigenvalue weighted by atomic mass is 35.5. The molecule has 0 saturated heterocycles. The summed E-state index contributed by atoms with van der Waals surface area (Å²) in [7, 11) is 1.55. The highest BCUT2D eigenvalue weighted by Gasteiger charge is 2.19. The monoisotopic (exact) mass is 437 g/mol. The van der Waals surface area contributed by atoms with Gasteiger partial charge in [-0.3, -0.25) is 9.97 Å². The van der Waals surface area contributed by atoms with Gasteiger partial charge in [0.2, 0.25) is 5.88 Å². The van der Waals surface area contributed by atoms with Crippen LogP contribution in [0.5, 0.6) is 5.88 Å². The second-order valence-corrected chi connectivity index (χ2v) is 6.66. The Morgan fingerprint density at radius 3 is 2.63 bits per heavy atom. The van der Waals surface area contributed by atoms with Crippen molar-refractivity contribution in [2.75, 3.05) is 17.7 Å². The molecule has 2 N–H and O–H groups in total. The van der Waals surface area contributed by atoms with Gasteiger partial charge in [0.25, 0.3) is 0 Å². The van der Waals surface area contributed by atoms with Crippen molar-refractivity contribution in [1.29, 1.82) is 0 Å². The zero-order chi connectivity index (χ0) is 21.8. The number of pyridine rings is 3. The first-order valence-electron chi connectivity index (χ1n) is 8.76. The lowest BCUT2D eigenvalue weighted by molar-refractivity contribution is -0.0527. The number of aryl methyl sites for hydroxylation is 1. The summed E-state index contributed by atoms with van der Waals surface area (Å²) in [6.45, 7) is 0.620. The first-order chi connectivity index (χ1) is 14.3. The fourth-order valence-electron chi connectivity index (χ4n) is 2.76. The third-order valence-electron chi connectivity index (χ3n) is 4.17. The number of fused-ring (bicyclic) bond motifs is 1. The Morgan fingerprint density at radius 1 is 1.20 bits per heavy atom. The van der Waals surface area contributed by atoms with Crippen molar-refractivity contribution in [3.63, 3.8) is 0 Å². The molecule has 0 aliphatic heterocycles. The molecule has 3 rings (SSSR count). The molecule has 8 nitrogen and oxygen atoms in total. The van der Waals surface area contributed by atoms with E-state index in [-0.39, 0.29) is 16.8 Å². The number of carbonyl (C=O) groups is 1. The van der Waals surface area contributed by atoms with Crippen molar-refractivity contribution >= 4 is 40.0 Å². The van der Waals surface area contributed by atoms with Crippen LogP contribution in [0.15, 0.2) is 30.6 Å². The molecule has 0 bridgehead atoms. The zero-order valence-corrected chi connectivity index (χ0v) is 17.0. The molecular weight excluding hydrogens is 420 g/mol. The van der Waals surface area contributed by atoms with Crippen LogP contribution in [0.4, 0.5) is 25.0 Å². The Balaban J connectivity index is 1.85. The lowest BCUT2D eigenvalue weighted by Crippen LogP contribution is -2.21. The molecule has 1 atom stereocenters. The highest BCUT2D eigenvalue weighted by Crippen LogP contribution is 2.31. The van der Waals surface area contributed by atoms with Gasteiger partial charge in [0.05, 0.1) is 40.9 Å². The molecule has 0 aliphatic rings. The van der Waals surface area contributed by atoms with Gasteiger partial charge in [-0.25, -0.2) is 9.78 Å². The Bertz CT molecular complexity index is 1080. The summed E-state index contributed by atoms with van der Waals surface area (Å²) >= 11 is 5.86. The molecule has 3 aromatic heterocycles. The zero-order valence-electron chi connectivity index (χ0n) is 16.2. The van der Waals surface area contributed by atoms with Crippen molar-refractivity contribution in [2.24, 2.45) is 0 Å². The Hall–Kier alpha value is -3.11. The van der Waals surface area contributed by atoms with E-state index < -0.39 is 18.5 Å². The SMILES string of the molecule is COC(C)c1c(NC(=O)Nc2cnc(OC(F)F)c(Cl)c2)cnc2ccc(C)nc12. The van der Waals surface area contributed by atoms with Crippen LogP contribution in [0.2, 0.25) is 5.02 Å². The highest BCUT2D eigenvalue weighted by molar-refractivity contribution is 6.32. The van der Waals surface area contributed by atoms with Gasteiger partial charge in [-0.15, -0.1) is 0 Å². The number of rotatable bonds is 6. The third kappa shape index (κ3) is 4.89. The second-order valence-electron chi connectivity index (χ2n) is 6.25. The average molecular weight is 438 g/mol. The van der Waals surface area contributed by atoms with Crippen LogP contribution in [0, 0.1) is 6.92 Å². The van der Waals surface area contributed by atoms with Crippen molar-refractivity contribution in [3.8, 4) is 5.88 Å². The maximum absolute atomic E-state index is 12.5. The standard InChI is InChI=1S/C19H18ClF2N5O3/c1-9-4-5-13-16(25-9)15(10(2)29-3)14(8-23-13)27-19(28)26-11-6-12(20)17(24-7-11)30-18(21)22/h4-8,10,18H,1-3H3,(H2,26,27,28). The van der Waals surface area contributed by atoms with Crippen molar-refractivity contribution in [3.05, 3.63) is 46.9 Å². The van der Waals surface area contributed by atoms with Crippen LogP contribution in [0.3, 0.4) is 0 Å². The molecule has 1 unspecified atom stereocenters. The van der Waals surface area contributed by atoms with Gasteiger partial charge < -0.3 is 20.1 Å². The number of alkyl halides is 2. The number of amides is 2. The number of nitrogens with zero attached hydrogens (tertiary/aromatic N) is 3. The van der Waals surface area contributed by atoms with Gasteiger partial charge >= 0.3 is 12.6 Å². The van der Waals surface area contributed by atoms with E-state index in [2.05, 4.69) is 30.3 Å². The first-order valence-corrected chi connectivity index (χ1v) is 9.13. The molecule has 3 aromatic rings. The normalized spacial score (nSPS) is 12.1. The van der Waals surface area contributed by atoms with Crippen LogP contribution in [0.25, 0.3) is 11.0 Å². The predicted octanol–water partition coefficient (Wildman–Crippen LogP) is 4.94. The molecule has 0 saturated carbocycles. The summed E-state index contributed by atoms with van der Waals surface area (Å²) in [5.74, 6) is -0.436. The van der Waals surface area contributed by atoms with Crippen LogP contribution in [-0.2, 0) is 4.74 Å². The van der Waals surface area contributed by atoms with Crippen LogP contribution in [0.1, 0.15) is 24.3 Å². The van der Waals surface area contributed by atoms with Crippen LogP contribution < -0.4 is 15.4 Å². The molecule has 0 spiro atoms. The summed E-state index contributed by atoms with van der Waals surface area (Å²) in [6.07, 6.45) is 2.28. The summed E-state index contributed by atoms with van der Waals surface area (Å²) in [5, 5.41) is 5.05. The van der Waals surface area contributed by atoms with Gasteiger partial charge in [-0.1, -0.05) is 11.6 Å². The molecule has 11 heteroatoms. The minimum absolute atomic E-state index is 0.172. The molecule has 0 radical (unpaired) electrons. The van der Waals surface area contributed by atoms with E-state index in [1.54, 1.807) is 7.11 Å². The van der Waals surface area contributed by atoms with E-state index in [9.17, 15) is 13.6 Å². The molecule has 2 amide bonds. The van der Waals surface area contributed by atoms with Crippen molar-refractivity contribution < 1.29 is 23.0 Å². The number of carbonyl (C=O) groups excluding carboxylic acids is 1. The lowest BCUT2D eigenvalue weighted by Gasteiger charge is -2.18. The summed E-state index contributed by atoms with van der Waals surface area (Å²) in [5.41, 5.74) is 3.32. The summed E-state index contributed by atoms with van der Waals surface area (Å²) in [6, 6.07) is 4.31. The van der Waals surface area contributed by atoms with Gasteiger partial charge in [0.1, 0.15) is 5.02 Å². The number of anilines is 2. The number of ether oxygens (including phenoxy) is 2. The van der Waals surface area contributed by atoms with E-state index in [0.29, 0.717) is 22.3 Å². The number of aromatic nitrogens is 3. The largest absolute Gasteiger partial charge is 0.415 e. The maximum atomic E-state index is 12.5. The molecule has 0 aliphatic carbocycles. The number of halogens is 3. The molecule has 3 heterocycles. The van der Waals surface area contributed by atoms with Crippen LogP contribution in [-0.4, -0.2) is 34.7 Å². The Morgan fingerprint density at radius 2 is 1.97 bits per heavy atom. The van der Waals surface area contributed by atoms with E-state index >= 15 is 0 Å². The first kappa shape index (κ1) is 21.6. The molecule has 158 valence electrons. The van der Waals surface area contributed by atoms with E-state index in [4.69, 9.17) is 16.3 Å². The quantitative estimate of drug-likeness (QED) is 0.566.